The van der Waals surface area contributed by atoms with E-state index in [1.165, 1.54) is 0 Å². The number of nitrogens with zero attached hydrogens (tertiary/aromatic N) is 3. The minimum Gasteiger partial charge on any atom is -0.237 e. The van der Waals surface area contributed by atoms with E-state index in [-0.39, 0.29) is 5.75 Å². The minimum absolute atomic E-state index is 0.0524. The van der Waals surface area contributed by atoms with Gasteiger partial charge in [-0.2, -0.15) is 5.10 Å². The van der Waals surface area contributed by atoms with Gasteiger partial charge in [0, 0.05) is 11.9 Å². The number of benzene rings is 1. The van der Waals surface area contributed by atoms with Gasteiger partial charge in [0.05, 0.1) is 25.1 Å². The summed E-state index contributed by atoms with van der Waals surface area (Å²) in [5.74, 6) is 1.20. The fourth-order valence-corrected chi connectivity index (χ4v) is 3.43. The molecule has 1 N–H and O–H groups in total. The van der Waals surface area contributed by atoms with E-state index in [9.17, 15) is 8.42 Å². The highest BCUT2D eigenvalue weighted by Crippen LogP contribution is 2.10. The third kappa shape index (κ3) is 5.86. The van der Waals surface area contributed by atoms with Gasteiger partial charge in [0.1, 0.15) is 12.4 Å². The smallest absolute Gasteiger partial charge is 0.237 e. The summed E-state index contributed by atoms with van der Waals surface area (Å²) in [6.45, 7) is 4.59. The average Bonchev–Trinajstić information content (AvgIpc) is 2.89. The second kappa shape index (κ2) is 8.49. The highest BCUT2D eigenvalue weighted by atomic mass is 35.5. The summed E-state index contributed by atoms with van der Waals surface area (Å²) in [7, 11) is -1.44. The molecule has 0 atom stereocenters. The van der Waals surface area contributed by atoms with E-state index in [0.717, 1.165) is 24.4 Å². The minimum atomic E-state index is -3.43. The Bertz CT molecular complexity index is 842. The molecule has 0 saturated heterocycles. The summed E-state index contributed by atoms with van der Waals surface area (Å²) in [5, 5.41) is 4.61. The van der Waals surface area contributed by atoms with Crippen LogP contribution in [0.25, 0.3) is 0 Å². The van der Waals surface area contributed by atoms with Gasteiger partial charge in [-0.3, -0.25) is 0 Å². The van der Waals surface area contributed by atoms with Gasteiger partial charge >= 0.3 is 0 Å². The van der Waals surface area contributed by atoms with E-state index in [2.05, 4.69) is 14.5 Å². The molecule has 0 unspecified atom stereocenters. The first-order chi connectivity index (χ1) is 11.8. The number of hydrogen-bond acceptors (Lipinski definition) is 3. The van der Waals surface area contributed by atoms with Crippen molar-refractivity contribution < 1.29 is 13.0 Å². The molecule has 0 aliphatic carbocycles. The van der Waals surface area contributed by atoms with E-state index < -0.39 is 10.0 Å². The topological polar surface area (TPSA) is 67.3 Å². The van der Waals surface area contributed by atoms with Crippen molar-refractivity contribution in [1.82, 2.24) is 9.40 Å². The maximum Gasteiger partial charge on any atom is 0.253 e. The number of rotatable bonds is 8. The van der Waals surface area contributed by atoms with Crippen LogP contribution < -0.4 is 9.40 Å². The Balaban J connectivity index is 1.82. The zero-order valence-electron chi connectivity index (χ0n) is 14.7. The number of aromatic nitrogens is 2. The lowest BCUT2D eigenvalue weighted by Crippen LogP contribution is -2.29. The summed E-state index contributed by atoms with van der Waals surface area (Å²) in [6, 6.07) is 7.09. The second-order valence-corrected chi connectivity index (χ2v) is 8.23. The lowest BCUT2D eigenvalue weighted by Gasteiger charge is -2.05. The van der Waals surface area contributed by atoms with Gasteiger partial charge in [0.2, 0.25) is 10.0 Å². The Labute approximate surface area is 154 Å². The highest BCUT2D eigenvalue weighted by molar-refractivity contribution is 7.89. The van der Waals surface area contributed by atoms with Gasteiger partial charge in [-0.15, -0.1) is 0 Å². The quantitative estimate of drug-likeness (QED) is 0.329. The van der Waals surface area contributed by atoms with Crippen molar-refractivity contribution in [2.24, 2.45) is 12.1 Å². The average molecular weight is 384 g/mol. The van der Waals surface area contributed by atoms with E-state index >= 15 is 0 Å². The number of nitrogens with one attached hydrogen (secondary N) is 1. The van der Waals surface area contributed by atoms with E-state index in [1.807, 2.05) is 30.9 Å². The van der Waals surface area contributed by atoms with Crippen LogP contribution in [-0.2, 0) is 23.6 Å². The van der Waals surface area contributed by atoms with Crippen LogP contribution in [0.1, 0.15) is 31.2 Å². The fraction of sp³-hybridized carbons (Fsp3) is 0.412. The van der Waals surface area contributed by atoms with E-state index in [1.54, 1.807) is 31.2 Å². The summed E-state index contributed by atoms with van der Waals surface area (Å²) in [5.41, 5.74) is 1.42. The Kier molecular flexibility index (Phi) is 6.61. The molecule has 0 aliphatic heterocycles. The van der Waals surface area contributed by atoms with Crippen LogP contribution in [0.15, 0.2) is 41.8 Å². The monoisotopic (exact) mass is 383 g/mol. The predicted molar refractivity (Wildman–Crippen MR) is 100 cm³/mol. The van der Waals surface area contributed by atoms with Crippen LogP contribution >= 0.6 is 11.6 Å². The Morgan fingerprint density at radius 2 is 1.96 bits per heavy atom. The molecule has 6 nitrogen and oxygen atoms in total. The maximum atomic E-state index is 12.1. The summed E-state index contributed by atoms with van der Waals surface area (Å²) in [4.78, 5) is 2.30. The lowest BCUT2D eigenvalue weighted by molar-refractivity contribution is -0.677. The van der Waals surface area contributed by atoms with Crippen molar-refractivity contribution in [2.45, 2.75) is 33.2 Å². The predicted octanol–water partition coefficient (Wildman–Crippen LogP) is 2.40. The van der Waals surface area contributed by atoms with Gasteiger partial charge in [0.15, 0.2) is 0 Å². The summed E-state index contributed by atoms with van der Waals surface area (Å²) >= 11 is 5.84. The third-order valence-corrected chi connectivity index (χ3v) is 5.52. The zero-order chi connectivity index (χ0) is 18.4. The van der Waals surface area contributed by atoms with Crippen LogP contribution in [0.5, 0.6) is 0 Å². The molecule has 0 amide bonds. The Morgan fingerprint density at radius 1 is 1.28 bits per heavy atom. The van der Waals surface area contributed by atoms with Crippen molar-refractivity contribution >= 4 is 27.3 Å². The van der Waals surface area contributed by atoms with Gasteiger partial charge in [-0.25, -0.2) is 22.4 Å². The molecule has 1 aromatic carbocycles. The van der Waals surface area contributed by atoms with Gasteiger partial charge in [-0.05, 0) is 37.5 Å². The molecule has 0 saturated carbocycles. The van der Waals surface area contributed by atoms with Crippen molar-refractivity contribution in [3.63, 3.8) is 0 Å². The number of halogens is 1. The van der Waals surface area contributed by atoms with Crippen LogP contribution in [-0.4, -0.2) is 24.4 Å². The number of hydrazone groups is 1. The molecule has 0 spiro atoms. The molecule has 1 heterocycles. The fourth-order valence-electron chi connectivity index (χ4n) is 2.35. The third-order valence-electron chi connectivity index (χ3n) is 4.07. The first-order valence-corrected chi connectivity index (χ1v) is 10.1. The Hall–Kier alpha value is -1.86. The highest BCUT2D eigenvalue weighted by Gasteiger charge is 2.11. The standard InChI is InChI=1S/C17H24ClN4O2S/c1-14(16-6-8-17(18)9-7-16)19-20-25(23,24)13-5-4-10-22-12-11-21(3)15(22)2/h6-9,11-12,20H,4-5,10,13H2,1-3H3/q+1/b19-14+. The molecule has 136 valence electrons. The molecule has 0 radical (unpaired) electrons. The second-order valence-electron chi connectivity index (χ2n) is 5.97. The normalized spacial score (nSPS) is 12.4. The zero-order valence-corrected chi connectivity index (χ0v) is 16.3. The molecule has 0 bridgehead atoms. The number of aryl methyl sites for hydroxylation is 2. The Morgan fingerprint density at radius 3 is 2.56 bits per heavy atom. The first kappa shape index (κ1) is 19.5. The largest absolute Gasteiger partial charge is 0.253 e. The molecule has 2 aromatic rings. The van der Waals surface area contributed by atoms with Crippen molar-refractivity contribution in [3.05, 3.63) is 53.1 Å². The molecule has 1 aromatic heterocycles. The van der Waals surface area contributed by atoms with Gasteiger partial charge < -0.3 is 0 Å². The molecule has 2 rings (SSSR count). The SMILES string of the molecule is C/C(=N\NS(=O)(=O)CCCCn1cc[n+](C)c1C)c1ccc(Cl)cc1. The summed E-state index contributed by atoms with van der Waals surface area (Å²) < 4.78 is 28.3. The number of imidazole rings is 1. The summed E-state index contributed by atoms with van der Waals surface area (Å²) in [6.07, 6.45) is 5.35. The van der Waals surface area contributed by atoms with Crippen molar-refractivity contribution in [3.8, 4) is 0 Å². The van der Waals surface area contributed by atoms with Gasteiger partial charge in [-0.1, -0.05) is 23.7 Å². The number of hydrogen-bond donors (Lipinski definition) is 1. The number of sulfonamides is 1. The molecule has 8 heteroatoms. The number of unbranched alkanes of at least 4 members (excludes halogenated alkanes) is 1. The van der Waals surface area contributed by atoms with Crippen LogP contribution in [0.3, 0.4) is 0 Å². The van der Waals surface area contributed by atoms with Crippen LogP contribution in [0, 0.1) is 6.92 Å². The molecule has 0 aliphatic rings. The first-order valence-electron chi connectivity index (χ1n) is 8.09. The molecule has 0 fully saturated rings. The lowest BCUT2D eigenvalue weighted by atomic mass is 10.1. The molecular weight excluding hydrogens is 360 g/mol. The van der Waals surface area contributed by atoms with Gasteiger partial charge in [0.25, 0.3) is 5.82 Å². The van der Waals surface area contributed by atoms with E-state index in [0.29, 0.717) is 17.2 Å². The van der Waals surface area contributed by atoms with Crippen molar-refractivity contribution in [2.75, 3.05) is 5.75 Å². The van der Waals surface area contributed by atoms with Crippen molar-refractivity contribution in [1.29, 1.82) is 0 Å². The molecular formula is C17H24ClN4O2S+. The maximum absolute atomic E-state index is 12.1. The van der Waals surface area contributed by atoms with E-state index in [4.69, 9.17) is 11.6 Å². The molecule has 25 heavy (non-hydrogen) atoms. The van der Waals surface area contributed by atoms with Crippen LogP contribution in [0.4, 0.5) is 0 Å². The van der Waals surface area contributed by atoms with Crippen LogP contribution in [0.2, 0.25) is 5.02 Å².